The molecular formula is C28H24N4O4S2. The molecule has 1 aliphatic rings. The minimum Gasteiger partial charge on any atom is -0.507 e. The number of pyridine rings is 1. The van der Waals surface area contributed by atoms with Crippen molar-refractivity contribution in [2.75, 3.05) is 11.5 Å². The van der Waals surface area contributed by atoms with E-state index in [9.17, 15) is 14.7 Å². The summed E-state index contributed by atoms with van der Waals surface area (Å²) in [5.41, 5.74) is 3.33. The zero-order chi connectivity index (χ0) is 26.6. The summed E-state index contributed by atoms with van der Waals surface area (Å²) in [6.07, 6.45) is 3.03. The van der Waals surface area contributed by atoms with Crippen molar-refractivity contribution in [3.8, 4) is 5.75 Å². The molecule has 1 saturated heterocycles. The summed E-state index contributed by atoms with van der Waals surface area (Å²) in [6.45, 7) is 4.44. The second-order valence-electron chi connectivity index (χ2n) is 8.53. The summed E-state index contributed by atoms with van der Waals surface area (Å²) in [5.74, 6) is -0.482. The molecule has 192 valence electrons. The van der Waals surface area contributed by atoms with Gasteiger partial charge >= 0.3 is 5.91 Å². The number of anilines is 1. The second-order valence-corrected chi connectivity index (χ2v) is 10.7. The van der Waals surface area contributed by atoms with Gasteiger partial charge in [-0.15, -0.1) is 10.2 Å². The van der Waals surface area contributed by atoms with Crippen molar-refractivity contribution in [3.63, 3.8) is 0 Å². The van der Waals surface area contributed by atoms with Gasteiger partial charge in [0.15, 0.2) is 4.34 Å². The molecule has 0 saturated carbocycles. The smallest absolute Gasteiger partial charge is 0.301 e. The number of Topliss-reactive ketones (excluding diaryl/α,β-unsaturated/α-hetero) is 1. The number of aryl methyl sites for hydroxylation is 1. The lowest BCUT2D eigenvalue weighted by molar-refractivity contribution is -0.132. The largest absolute Gasteiger partial charge is 0.507 e. The number of thioether (sulfide) groups is 1. The number of rotatable bonds is 8. The van der Waals surface area contributed by atoms with Gasteiger partial charge in [0.05, 0.1) is 18.2 Å². The van der Waals surface area contributed by atoms with Crippen LogP contribution in [0.4, 0.5) is 5.13 Å². The number of aliphatic hydroxyl groups is 1. The van der Waals surface area contributed by atoms with Crippen LogP contribution in [0.2, 0.25) is 0 Å². The van der Waals surface area contributed by atoms with Crippen molar-refractivity contribution in [1.29, 1.82) is 0 Å². The first-order valence-electron chi connectivity index (χ1n) is 11.9. The van der Waals surface area contributed by atoms with E-state index in [0.717, 1.165) is 5.56 Å². The van der Waals surface area contributed by atoms with Gasteiger partial charge in [-0.3, -0.25) is 19.5 Å². The zero-order valence-corrected chi connectivity index (χ0v) is 22.3. The van der Waals surface area contributed by atoms with Gasteiger partial charge < -0.3 is 9.84 Å². The van der Waals surface area contributed by atoms with E-state index < -0.39 is 17.7 Å². The van der Waals surface area contributed by atoms with Gasteiger partial charge in [0, 0.05) is 23.7 Å². The number of aliphatic hydroxyl groups excluding tert-OH is 1. The summed E-state index contributed by atoms with van der Waals surface area (Å²) in [7, 11) is 0. The molecule has 10 heteroatoms. The summed E-state index contributed by atoms with van der Waals surface area (Å²) < 4.78 is 6.22. The highest BCUT2D eigenvalue weighted by molar-refractivity contribution is 8.00. The Labute approximate surface area is 228 Å². The molecule has 0 bridgehead atoms. The van der Waals surface area contributed by atoms with Crippen molar-refractivity contribution < 1.29 is 19.4 Å². The third kappa shape index (κ3) is 5.18. The van der Waals surface area contributed by atoms with Crippen molar-refractivity contribution >= 4 is 45.7 Å². The number of ether oxygens (including phenoxy) is 1. The Kier molecular flexibility index (Phi) is 7.52. The topological polar surface area (TPSA) is 106 Å². The van der Waals surface area contributed by atoms with E-state index in [0.29, 0.717) is 33.6 Å². The van der Waals surface area contributed by atoms with Crippen LogP contribution in [0.3, 0.4) is 0 Å². The maximum absolute atomic E-state index is 13.4. The molecule has 1 atom stereocenters. The fraction of sp³-hybridized carbons (Fsp3) is 0.179. The number of ketones is 1. The third-order valence-corrected chi connectivity index (χ3v) is 8.12. The Hall–Kier alpha value is -4.02. The molecule has 4 aromatic rings. The van der Waals surface area contributed by atoms with E-state index >= 15 is 0 Å². The molecule has 8 nitrogen and oxygen atoms in total. The highest BCUT2D eigenvalue weighted by Crippen LogP contribution is 2.44. The molecule has 1 N–H and O–H groups in total. The van der Waals surface area contributed by atoms with Crippen molar-refractivity contribution in [2.24, 2.45) is 0 Å². The van der Waals surface area contributed by atoms with Crippen LogP contribution >= 0.6 is 23.1 Å². The van der Waals surface area contributed by atoms with Gasteiger partial charge in [0.2, 0.25) is 5.13 Å². The fourth-order valence-electron chi connectivity index (χ4n) is 4.11. The number of hydrogen-bond donors (Lipinski definition) is 1. The molecule has 1 unspecified atom stereocenters. The van der Waals surface area contributed by atoms with Gasteiger partial charge in [0.1, 0.15) is 11.5 Å². The number of carbonyl (C=O) groups excluding carboxylic acids is 2. The van der Waals surface area contributed by atoms with Crippen LogP contribution in [-0.2, 0) is 15.3 Å². The first-order chi connectivity index (χ1) is 18.5. The van der Waals surface area contributed by atoms with Gasteiger partial charge in [-0.2, -0.15) is 0 Å². The maximum Gasteiger partial charge on any atom is 0.301 e. The van der Waals surface area contributed by atoms with Crippen LogP contribution < -0.4 is 9.64 Å². The predicted octanol–water partition coefficient (Wildman–Crippen LogP) is 5.56. The molecule has 3 heterocycles. The molecule has 38 heavy (non-hydrogen) atoms. The van der Waals surface area contributed by atoms with Crippen LogP contribution in [0.15, 0.2) is 83.0 Å². The van der Waals surface area contributed by atoms with E-state index in [1.54, 1.807) is 36.4 Å². The van der Waals surface area contributed by atoms with Crippen LogP contribution in [0.25, 0.3) is 5.76 Å². The highest BCUT2D eigenvalue weighted by Gasteiger charge is 2.48. The molecule has 1 aliphatic heterocycles. The number of hydrogen-bond acceptors (Lipinski definition) is 9. The summed E-state index contributed by atoms with van der Waals surface area (Å²) in [5, 5.41) is 20.0. The van der Waals surface area contributed by atoms with Crippen molar-refractivity contribution in [1.82, 2.24) is 15.2 Å². The molecule has 5 rings (SSSR count). The molecule has 0 spiro atoms. The minimum absolute atomic E-state index is 0.0191. The minimum atomic E-state index is -0.887. The summed E-state index contributed by atoms with van der Waals surface area (Å²) >= 11 is 2.74. The molecule has 2 aromatic carbocycles. The second kappa shape index (κ2) is 11.2. The number of nitrogens with zero attached hydrogens (tertiary/aromatic N) is 4. The average Bonchev–Trinajstić information content (AvgIpc) is 3.51. The van der Waals surface area contributed by atoms with E-state index in [2.05, 4.69) is 39.4 Å². The van der Waals surface area contributed by atoms with Crippen molar-refractivity contribution in [2.45, 2.75) is 30.0 Å². The highest BCUT2D eigenvalue weighted by atomic mass is 32.2. The lowest BCUT2D eigenvalue weighted by atomic mass is 9.95. The average molecular weight is 545 g/mol. The number of benzene rings is 2. The zero-order valence-electron chi connectivity index (χ0n) is 20.7. The SMILES string of the molecule is CCOc1ccc(C2/C(=C(\O)c3ccncc3)C(=O)C(=O)N2c2nnc(SCc3ccc(C)cc3)s2)cc1. The summed E-state index contributed by atoms with van der Waals surface area (Å²) in [6, 6.07) is 17.6. The van der Waals surface area contributed by atoms with Gasteiger partial charge in [-0.05, 0) is 49.2 Å². The van der Waals surface area contributed by atoms with Gasteiger partial charge in [0.25, 0.3) is 5.78 Å². The molecule has 0 radical (unpaired) electrons. The monoisotopic (exact) mass is 544 g/mol. The molecule has 0 aliphatic carbocycles. The maximum atomic E-state index is 13.4. The van der Waals surface area contributed by atoms with Gasteiger partial charge in [-0.25, -0.2) is 0 Å². The van der Waals surface area contributed by atoms with E-state index in [4.69, 9.17) is 4.74 Å². The molecule has 2 aromatic heterocycles. The molecule has 1 amide bonds. The molecule has 1 fully saturated rings. The van der Waals surface area contributed by atoms with Crippen LogP contribution in [0, 0.1) is 6.92 Å². The molecular weight excluding hydrogens is 520 g/mol. The summed E-state index contributed by atoms with van der Waals surface area (Å²) in [4.78, 5) is 31.9. The van der Waals surface area contributed by atoms with Gasteiger partial charge in [-0.1, -0.05) is 65.1 Å². The predicted molar refractivity (Wildman–Crippen MR) is 147 cm³/mol. The number of carbonyl (C=O) groups is 2. The van der Waals surface area contributed by atoms with Crippen LogP contribution in [0.1, 0.15) is 35.2 Å². The first kappa shape index (κ1) is 25.6. The van der Waals surface area contributed by atoms with E-state index in [1.165, 1.54) is 46.0 Å². The quantitative estimate of drug-likeness (QED) is 0.101. The Morgan fingerprint density at radius 2 is 1.74 bits per heavy atom. The van der Waals surface area contributed by atoms with Crippen LogP contribution in [0.5, 0.6) is 5.75 Å². The van der Waals surface area contributed by atoms with Crippen LogP contribution in [-0.4, -0.2) is 38.6 Å². The lowest BCUT2D eigenvalue weighted by Gasteiger charge is -2.22. The van der Waals surface area contributed by atoms with E-state index in [1.807, 2.05) is 13.8 Å². The number of aromatic nitrogens is 3. The standard InChI is InChI=1S/C28H24N4O4S2/c1-3-36-21-10-8-19(9-11-21)23-22(24(33)20-12-14-29-15-13-20)25(34)26(35)32(23)27-30-31-28(38-27)37-16-18-6-4-17(2)5-7-18/h4-15,23,33H,3,16H2,1-2H3/b24-22+. The normalized spacial score (nSPS) is 16.7. The Balaban J connectivity index is 1.52. The van der Waals surface area contributed by atoms with Crippen molar-refractivity contribution in [3.05, 3.63) is 101 Å². The Morgan fingerprint density at radius 3 is 2.42 bits per heavy atom. The van der Waals surface area contributed by atoms with E-state index in [-0.39, 0.29) is 16.5 Å². The first-order valence-corrected chi connectivity index (χ1v) is 13.7. The lowest BCUT2D eigenvalue weighted by Crippen LogP contribution is -2.29. The number of amides is 1. The third-order valence-electron chi connectivity index (χ3n) is 5.99. The Morgan fingerprint density at radius 1 is 1.03 bits per heavy atom. The fourth-order valence-corrected chi connectivity index (χ4v) is 5.93. The Bertz CT molecular complexity index is 1490.